The van der Waals surface area contributed by atoms with Gasteiger partial charge in [-0.3, -0.25) is 0 Å². The van der Waals surface area contributed by atoms with Crippen molar-refractivity contribution in [3.8, 4) is 5.75 Å². The number of nitrogens with two attached hydrogens (primary N) is 1. The van der Waals surface area contributed by atoms with Crippen LogP contribution in [0.5, 0.6) is 5.75 Å². The molecule has 1 aliphatic rings. The molecule has 0 aromatic heterocycles. The van der Waals surface area contributed by atoms with Crippen molar-refractivity contribution < 1.29 is 4.74 Å². The van der Waals surface area contributed by atoms with E-state index in [1.165, 1.54) is 10.5 Å². The average Bonchev–Trinajstić information content (AvgIpc) is 2.88. The van der Waals surface area contributed by atoms with Crippen LogP contribution in [0.15, 0.2) is 51.8 Å². The lowest BCUT2D eigenvalue weighted by Gasteiger charge is -2.15. The summed E-state index contributed by atoms with van der Waals surface area (Å²) in [5.41, 5.74) is 8.24. The molecule has 0 spiro atoms. The number of benzene rings is 2. The van der Waals surface area contributed by atoms with E-state index in [0.29, 0.717) is 18.4 Å². The lowest BCUT2D eigenvalue weighted by atomic mass is 10.1. The summed E-state index contributed by atoms with van der Waals surface area (Å²) in [5, 5.41) is 0.477. The van der Waals surface area contributed by atoms with Crippen molar-refractivity contribution in [2.24, 2.45) is 5.73 Å². The van der Waals surface area contributed by atoms with Gasteiger partial charge in [0.05, 0.1) is 4.47 Å². The van der Waals surface area contributed by atoms with E-state index >= 15 is 0 Å². The summed E-state index contributed by atoms with van der Waals surface area (Å²) in [7, 11) is 0. The lowest BCUT2D eigenvalue weighted by Crippen LogP contribution is -2.15. The third-order valence-corrected chi connectivity index (χ3v) is 5.31. The molecule has 104 valence electrons. The second kappa shape index (κ2) is 6.20. The molecular weight excluding hydrogens is 334 g/mol. The van der Waals surface area contributed by atoms with Gasteiger partial charge in [-0.25, -0.2) is 0 Å². The molecule has 1 heterocycles. The van der Waals surface area contributed by atoms with Crippen molar-refractivity contribution in [2.45, 2.75) is 23.1 Å². The summed E-state index contributed by atoms with van der Waals surface area (Å²) in [6, 6.07) is 14.6. The topological polar surface area (TPSA) is 35.2 Å². The molecule has 1 atom stereocenters. The number of hydrogen-bond acceptors (Lipinski definition) is 3. The summed E-state index contributed by atoms with van der Waals surface area (Å²) < 4.78 is 7.00. The molecule has 2 aromatic carbocycles. The van der Waals surface area contributed by atoms with Gasteiger partial charge in [0.25, 0.3) is 0 Å². The molecule has 2 N–H and O–H groups in total. The summed E-state index contributed by atoms with van der Waals surface area (Å²) in [6.07, 6.45) is 1.07. The molecule has 0 saturated heterocycles. The molecule has 1 aliphatic heterocycles. The highest BCUT2D eigenvalue weighted by Gasteiger charge is 2.22. The van der Waals surface area contributed by atoms with E-state index in [4.69, 9.17) is 10.5 Å². The maximum Gasteiger partial charge on any atom is 0.137 e. The zero-order valence-corrected chi connectivity index (χ0v) is 13.4. The maximum atomic E-state index is 6.03. The van der Waals surface area contributed by atoms with Crippen molar-refractivity contribution >= 4 is 27.7 Å². The minimum atomic E-state index is 0.477. The number of ether oxygens (including phenoxy) is 1. The van der Waals surface area contributed by atoms with Crippen LogP contribution < -0.4 is 10.5 Å². The summed E-state index contributed by atoms with van der Waals surface area (Å²) in [4.78, 5) is 1.38. The van der Waals surface area contributed by atoms with Gasteiger partial charge in [0.2, 0.25) is 0 Å². The first kappa shape index (κ1) is 14.0. The highest BCUT2D eigenvalue weighted by atomic mass is 79.9. The second-order valence-electron chi connectivity index (χ2n) is 4.79. The van der Waals surface area contributed by atoms with Gasteiger partial charge in [-0.15, -0.1) is 11.8 Å². The SMILES string of the molecule is NCc1cccc(Br)c1OCC1Cc2ccccc2S1. The van der Waals surface area contributed by atoms with E-state index in [0.717, 1.165) is 22.2 Å². The van der Waals surface area contributed by atoms with E-state index in [2.05, 4.69) is 40.2 Å². The molecule has 2 aromatic rings. The van der Waals surface area contributed by atoms with Crippen LogP contribution in [0.3, 0.4) is 0 Å². The van der Waals surface area contributed by atoms with E-state index in [-0.39, 0.29) is 0 Å². The van der Waals surface area contributed by atoms with Crippen LogP contribution in [0.1, 0.15) is 11.1 Å². The van der Waals surface area contributed by atoms with E-state index in [9.17, 15) is 0 Å². The zero-order valence-electron chi connectivity index (χ0n) is 11.0. The number of rotatable bonds is 4. The van der Waals surface area contributed by atoms with Crippen LogP contribution in [-0.4, -0.2) is 11.9 Å². The Hall–Kier alpha value is -0.970. The average molecular weight is 350 g/mol. The molecule has 1 unspecified atom stereocenters. The standard InChI is InChI=1S/C16H16BrNOS/c17-14-6-3-5-12(9-18)16(14)19-10-13-8-11-4-1-2-7-15(11)20-13/h1-7,13H,8-10,18H2. The summed E-state index contributed by atoms with van der Waals surface area (Å²) >= 11 is 5.44. The van der Waals surface area contributed by atoms with Crippen molar-refractivity contribution in [2.75, 3.05) is 6.61 Å². The second-order valence-corrected chi connectivity index (χ2v) is 6.99. The number of thioether (sulfide) groups is 1. The lowest BCUT2D eigenvalue weighted by molar-refractivity contribution is 0.312. The Kier molecular flexibility index (Phi) is 4.34. The Morgan fingerprint density at radius 3 is 2.85 bits per heavy atom. The third kappa shape index (κ3) is 2.87. The van der Waals surface area contributed by atoms with Crippen LogP contribution in [0.2, 0.25) is 0 Å². The van der Waals surface area contributed by atoms with Crippen molar-refractivity contribution in [1.82, 2.24) is 0 Å². The fraction of sp³-hybridized carbons (Fsp3) is 0.250. The molecule has 4 heteroatoms. The normalized spacial score (nSPS) is 17.0. The highest BCUT2D eigenvalue weighted by molar-refractivity contribution is 9.10. The Balaban J connectivity index is 1.67. The van der Waals surface area contributed by atoms with Crippen molar-refractivity contribution in [3.05, 3.63) is 58.1 Å². The molecule has 3 rings (SSSR count). The van der Waals surface area contributed by atoms with Gasteiger partial charge in [-0.1, -0.05) is 30.3 Å². The molecule has 0 saturated carbocycles. The van der Waals surface area contributed by atoms with Crippen LogP contribution in [0.4, 0.5) is 0 Å². The summed E-state index contributed by atoms with van der Waals surface area (Å²) in [6.45, 7) is 1.20. The van der Waals surface area contributed by atoms with Gasteiger partial charge in [-0.05, 0) is 40.0 Å². The monoisotopic (exact) mass is 349 g/mol. The zero-order chi connectivity index (χ0) is 13.9. The number of hydrogen-bond donors (Lipinski definition) is 1. The fourth-order valence-corrected chi connectivity index (χ4v) is 4.14. The van der Waals surface area contributed by atoms with Gasteiger partial charge < -0.3 is 10.5 Å². The van der Waals surface area contributed by atoms with E-state index in [1.54, 1.807) is 0 Å². The smallest absolute Gasteiger partial charge is 0.137 e. The fourth-order valence-electron chi connectivity index (χ4n) is 2.40. The van der Waals surface area contributed by atoms with E-state index in [1.807, 2.05) is 30.0 Å². The van der Waals surface area contributed by atoms with Gasteiger partial charge in [0.15, 0.2) is 0 Å². The Morgan fingerprint density at radius 2 is 2.05 bits per heavy atom. The predicted octanol–water partition coefficient (Wildman–Crippen LogP) is 4.00. The van der Waals surface area contributed by atoms with Crippen LogP contribution in [0.25, 0.3) is 0 Å². The molecular formula is C16H16BrNOS. The third-order valence-electron chi connectivity index (χ3n) is 3.40. The van der Waals surface area contributed by atoms with Crippen LogP contribution in [-0.2, 0) is 13.0 Å². The molecule has 0 amide bonds. The van der Waals surface area contributed by atoms with Gasteiger partial charge in [0.1, 0.15) is 12.4 Å². The van der Waals surface area contributed by atoms with Crippen molar-refractivity contribution in [3.63, 3.8) is 0 Å². The van der Waals surface area contributed by atoms with Crippen molar-refractivity contribution in [1.29, 1.82) is 0 Å². The molecule has 0 aliphatic carbocycles. The highest BCUT2D eigenvalue weighted by Crippen LogP contribution is 2.37. The number of fused-ring (bicyclic) bond motifs is 1. The van der Waals surface area contributed by atoms with Gasteiger partial charge >= 0.3 is 0 Å². The Labute approximate surface area is 131 Å². The molecule has 0 bridgehead atoms. The first-order valence-electron chi connectivity index (χ1n) is 6.62. The molecule has 0 radical (unpaired) electrons. The van der Waals surface area contributed by atoms with Crippen LogP contribution in [0, 0.1) is 0 Å². The largest absolute Gasteiger partial charge is 0.491 e. The molecule has 2 nitrogen and oxygen atoms in total. The first-order valence-corrected chi connectivity index (χ1v) is 8.30. The minimum absolute atomic E-state index is 0.477. The quantitative estimate of drug-likeness (QED) is 0.905. The predicted molar refractivity (Wildman–Crippen MR) is 87.3 cm³/mol. The number of halogens is 1. The first-order chi connectivity index (χ1) is 9.78. The number of para-hydroxylation sites is 1. The Morgan fingerprint density at radius 1 is 1.20 bits per heavy atom. The van der Waals surface area contributed by atoms with Gasteiger partial charge in [-0.2, -0.15) is 0 Å². The van der Waals surface area contributed by atoms with Crippen LogP contribution >= 0.6 is 27.7 Å². The van der Waals surface area contributed by atoms with E-state index < -0.39 is 0 Å². The minimum Gasteiger partial charge on any atom is -0.491 e. The Bertz CT molecular complexity index is 592. The summed E-state index contributed by atoms with van der Waals surface area (Å²) in [5.74, 6) is 0.881. The molecule has 0 fully saturated rings. The molecule has 20 heavy (non-hydrogen) atoms. The maximum absolute atomic E-state index is 6.03. The van der Waals surface area contributed by atoms with Gasteiger partial charge in [0, 0.05) is 22.3 Å².